The van der Waals surface area contributed by atoms with E-state index in [1.807, 2.05) is 0 Å². The predicted molar refractivity (Wildman–Crippen MR) is 65.1 cm³/mol. The number of hydrogen-bond donors (Lipinski definition) is 0. The summed E-state index contributed by atoms with van der Waals surface area (Å²) in [4.78, 5) is 0. The maximum absolute atomic E-state index is 5.70. The van der Waals surface area contributed by atoms with Gasteiger partial charge in [-0.25, -0.2) is 0 Å². The fourth-order valence-electron chi connectivity index (χ4n) is 1.62. The van der Waals surface area contributed by atoms with Crippen LogP contribution in [-0.2, 0) is 10.2 Å². The van der Waals surface area contributed by atoms with Crippen LogP contribution in [0.1, 0.15) is 31.9 Å². The molecule has 0 N–H and O–H groups in total. The molecule has 88 valence electrons. The fraction of sp³-hybridized carbons (Fsp3) is 0.571. The first kappa shape index (κ1) is 11.5. The lowest BCUT2D eigenvalue weighted by Crippen LogP contribution is -2.12. The molecule has 1 fully saturated rings. The number of aryl methyl sites for hydroxylation is 1. The van der Waals surface area contributed by atoms with Gasteiger partial charge in [0.25, 0.3) is 0 Å². The summed E-state index contributed by atoms with van der Waals surface area (Å²) in [5, 5.41) is 0. The number of benzene rings is 1. The Bertz CT molecular complexity index is 373. The second-order valence-corrected chi connectivity index (χ2v) is 5.50. The third kappa shape index (κ3) is 2.76. The van der Waals surface area contributed by atoms with E-state index in [0.717, 1.165) is 12.4 Å². The van der Waals surface area contributed by atoms with Gasteiger partial charge < -0.3 is 9.47 Å². The molecule has 16 heavy (non-hydrogen) atoms. The second-order valence-electron chi connectivity index (χ2n) is 5.50. The highest BCUT2D eigenvalue weighted by Gasteiger charge is 2.23. The first-order valence-electron chi connectivity index (χ1n) is 5.82. The van der Waals surface area contributed by atoms with Crippen LogP contribution in [-0.4, -0.2) is 19.3 Å². The summed E-state index contributed by atoms with van der Waals surface area (Å²) in [6.07, 6.45) is 0.321. The number of ether oxygens (including phenoxy) is 2. The quantitative estimate of drug-likeness (QED) is 0.730. The van der Waals surface area contributed by atoms with Gasteiger partial charge in [-0.05, 0) is 29.5 Å². The third-order valence-electron chi connectivity index (χ3n) is 2.87. The molecule has 2 rings (SSSR count). The van der Waals surface area contributed by atoms with Crippen molar-refractivity contribution in [1.82, 2.24) is 0 Å². The van der Waals surface area contributed by atoms with Crippen LogP contribution in [0.4, 0.5) is 0 Å². The van der Waals surface area contributed by atoms with Crippen LogP contribution in [0, 0.1) is 6.92 Å². The van der Waals surface area contributed by atoms with Gasteiger partial charge in [0, 0.05) is 0 Å². The standard InChI is InChI=1S/C14H20O2/c1-10-7-11(14(2,3)4)5-6-13(10)16-9-12-8-15-12/h5-7,12H,8-9H2,1-4H3. The van der Waals surface area contributed by atoms with E-state index in [9.17, 15) is 0 Å². The average Bonchev–Trinajstić information content (AvgIpc) is 2.98. The SMILES string of the molecule is Cc1cc(C(C)(C)C)ccc1OCC1CO1. The molecule has 1 unspecified atom stereocenters. The Morgan fingerprint density at radius 1 is 1.38 bits per heavy atom. The summed E-state index contributed by atoms with van der Waals surface area (Å²) < 4.78 is 10.8. The highest BCUT2D eigenvalue weighted by molar-refractivity contribution is 5.38. The van der Waals surface area contributed by atoms with Crippen LogP contribution < -0.4 is 4.74 Å². The van der Waals surface area contributed by atoms with Crippen LogP contribution in [0.2, 0.25) is 0 Å². The Hall–Kier alpha value is -1.02. The number of rotatable bonds is 3. The Kier molecular flexibility index (Phi) is 2.94. The molecule has 1 heterocycles. The summed E-state index contributed by atoms with van der Waals surface area (Å²) >= 11 is 0. The third-order valence-corrected chi connectivity index (χ3v) is 2.87. The van der Waals surface area contributed by atoms with Crippen molar-refractivity contribution in [3.8, 4) is 5.75 Å². The molecule has 0 amide bonds. The van der Waals surface area contributed by atoms with Crippen molar-refractivity contribution in [1.29, 1.82) is 0 Å². The molecular weight excluding hydrogens is 200 g/mol. The topological polar surface area (TPSA) is 21.8 Å². The summed E-state index contributed by atoms with van der Waals surface area (Å²) in [5.74, 6) is 0.975. The first-order valence-corrected chi connectivity index (χ1v) is 5.82. The molecule has 1 atom stereocenters. The van der Waals surface area contributed by atoms with E-state index in [1.165, 1.54) is 11.1 Å². The van der Waals surface area contributed by atoms with E-state index >= 15 is 0 Å². The van der Waals surface area contributed by atoms with Crippen LogP contribution in [0.3, 0.4) is 0 Å². The molecule has 0 aromatic heterocycles. The molecule has 0 radical (unpaired) electrons. The molecule has 1 aliphatic rings. The summed E-state index contributed by atoms with van der Waals surface area (Å²) in [5.41, 5.74) is 2.75. The zero-order valence-electron chi connectivity index (χ0n) is 10.5. The lowest BCUT2D eigenvalue weighted by Gasteiger charge is -2.20. The lowest BCUT2D eigenvalue weighted by atomic mass is 9.86. The monoisotopic (exact) mass is 220 g/mol. The van der Waals surface area contributed by atoms with Crippen molar-refractivity contribution in [2.45, 2.75) is 39.2 Å². The van der Waals surface area contributed by atoms with Crippen molar-refractivity contribution in [3.05, 3.63) is 29.3 Å². The zero-order chi connectivity index (χ0) is 11.8. The molecule has 2 nitrogen and oxygen atoms in total. The molecule has 1 aliphatic heterocycles. The molecule has 0 saturated carbocycles. The number of epoxide rings is 1. The molecule has 0 spiro atoms. The lowest BCUT2D eigenvalue weighted by molar-refractivity contribution is 0.261. The minimum Gasteiger partial charge on any atom is -0.491 e. The largest absolute Gasteiger partial charge is 0.491 e. The normalized spacial score (nSPS) is 19.6. The first-order chi connectivity index (χ1) is 7.47. The Morgan fingerprint density at radius 3 is 2.56 bits per heavy atom. The van der Waals surface area contributed by atoms with Crippen molar-refractivity contribution in [2.24, 2.45) is 0 Å². The summed E-state index contributed by atoms with van der Waals surface area (Å²) in [6.45, 7) is 10.3. The van der Waals surface area contributed by atoms with Gasteiger partial charge >= 0.3 is 0 Å². The van der Waals surface area contributed by atoms with Crippen molar-refractivity contribution >= 4 is 0 Å². The predicted octanol–water partition coefficient (Wildman–Crippen LogP) is 3.07. The fourth-order valence-corrected chi connectivity index (χ4v) is 1.62. The van der Waals surface area contributed by atoms with Gasteiger partial charge in [-0.2, -0.15) is 0 Å². The van der Waals surface area contributed by atoms with E-state index < -0.39 is 0 Å². The average molecular weight is 220 g/mol. The van der Waals surface area contributed by atoms with E-state index in [2.05, 4.69) is 45.9 Å². The highest BCUT2D eigenvalue weighted by atomic mass is 16.6. The van der Waals surface area contributed by atoms with Crippen molar-refractivity contribution in [3.63, 3.8) is 0 Å². The van der Waals surface area contributed by atoms with Crippen molar-refractivity contribution in [2.75, 3.05) is 13.2 Å². The minimum atomic E-state index is 0.197. The molecule has 1 aromatic rings. The van der Waals surface area contributed by atoms with Crippen molar-refractivity contribution < 1.29 is 9.47 Å². The highest BCUT2D eigenvalue weighted by Crippen LogP contribution is 2.27. The smallest absolute Gasteiger partial charge is 0.122 e. The van der Waals surface area contributed by atoms with Gasteiger partial charge in [0.05, 0.1) is 6.61 Å². The van der Waals surface area contributed by atoms with Gasteiger partial charge in [0.15, 0.2) is 0 Å². The van der Waals surface area contributed by atoms with Gasteiger partial charge in [-0.15, -0.1) is 0 Å². The maximum atomic E-state index is 5.70. The molecule has 1 aromatic carbocycles. The van der Waals surface area contributed by atoms with Crippen LogP contribution >= 0.6 is 0 Å². The van der Waals surface area contributed by atoms with E-state index in [4.69, 9.17) is 9.47 Å². The summed E-state index contributed by atoms with van der Waals surface area (Å²) in [6, 6.07) is 6.43. The van der Waals surface area contributed by atoms with E-state index in [1.54, 1.807) is 0 Å². The van der Waals surface area contributed by atoms with Crippen LogP contribution in [0.15, 0.2) is 18.2 Å². The van der Waals surface area contributed by atoms with Gasteiger partial charge in [0.1, 0.15) is 18.5 Å². The molecule has 0 aliphatic carbocycles. The van der Waals surface area contributed by atoms with Gasteiger partial charge in [0.2, 0.25) is 0 Å². The summed E-state index contributed by atoms with van der Waals surface area (Å²) in [7, 11) is 0. The Balaban J connectivity index is 2.09. The second kappa shape index (κ2) is 4.10. The molecular formula is C14H20O2. The minimum absolute atomic E-state index is 0.197. The van der Waals surface area contributed by atoms with Crippen LogP contribution in [0.5, 0.6) is 5.75 Å². The van der Waals surface area contributed by atoms with Crippen LogP contribution in [0.25, 0.3) is 0 Å². The zero-order valence-corrected chi connectivity index (χ0v) is 10.5. The molecule has 1 saturated heterocycles. The molecule has 0 bridgehead atoms. The Labute approximate surface area is 97.6 Å². The van der Waals surface area contributed by atoms with Gasteiger partial charge in [-0.3, -0.25) is 0 Å². The van der Waals surface area contributed by atoms with Gasteiger partial charge in [-0.1, -0.05) is 32.9 Å². The maximum Gasteiger partial charge on any atom is 0.122 e. The van der Waals surface area contributed by atoms with E-state index in [-0.39, 0.29) is 5.41 Å². The molecule has 2 heteroatoms. The number of hydrogen-bond acceptors (Lipinski definition) is 2. The Morgan fingerprint density at radius 2 is 2.06 bits per heavy atom. The van der Waals surface area contributed by atoms with E-state index in [0.29, 0.717) is 12.7 Å².